The molecule has 1 atom stereocenters. The summed E-state index contributed by atoms with van der Waals surface area (Å²) in [5.74, 6) is -0.703. The number of sulfonamides is 1. The predicted octanol–water partition coefficient (Wildman–Crippen LogP) is 4.54. The predicted molar refractivity (Wildman–Crippen MR) is 155 cm³/mol. The maximum absolute atomic E-state index is 14.0. The average molecular weight is 593 g/mol. The second-order valence-corrected chi connectivity index (χ2v) is 11.6. The number of methoxy groups -OCH3 is 1. The molecule has 3 rings (SSSR count). The van der Waals surface area contributed by atoms with Crippen LogP contribution in [0.3, 0.4) is 0 Å². The molecule has 0 heterocycles. The first-order valence-electron chi connectivity index (χ1n) is 12.2. The number of rotatable bonds is 12. The molecule has 0 aliphatic rings. The lowest BCUT2D eigenvalue weighted by atomic mass is 10.0. The Morgan fingerprint density at radius 1 is 0.949 bits per heavy atom. The lowest BCUT2D eigenvalue weighted by molar-refractivity contribution is -0.140. The van der Waals surface area contributed by atoms with Crippen LogP contribution in [-0.4, -0.2) is 57.6 Å². The number of benzene rings is 3. The molecule has 0 spiro atoms. The van der Waals surface area contributed by atoms with Gasteiger partial charge in [0.05, 0.1) is 19.1 Å². The van der Waals surface area contributed by atoms with Crippen molar-refractivity contribution < 1.29 is 22.7 Å². The van der Waals surface area contributed by atoms with Gasteiger partial charge in [-0.2, -0.15) is 0 Å². The Bertz CT molecular complexity index is 1390. The summed E-state index contributed by atoms with van der Waals surface area (Å²) in [4.78, 5) is 28.7. The van der Waals surface area contributed by atoms with E-state index in [0.29, 0.717) is 11.6 Å². The molecule has 39 heavy (non-hydrogen) atoms. The summed E-state index contributed by atoms with van der Waals surface area (Å²) in [6.07, 6.45) is 1.22. The summed E-state index contributed by atoms with van der Waals surface area (Å²) in [5.41, 5.74) is 1.69. The van der Waals surface area contributed by atoms with Crippen LogP contribution in [0.1, 0.15) is 18.1 Å². The van der Waals surface area contributed by atoms with Crippen molar-refractivity contribution >= 4 is 50.7 Å². The summed E-state index contributed by atoms with van der Waals surface area (Å²) < 4.78 is 32.1. The van der Waals surface area contributed by atoms with E-state index in [4.69, 9.17) is 27.9 Å². The van der Waals surface area contributed by atoms with Crippen molar-refractivity contribution in [3.63, 3.8) is 0 Å². The van der Waals surface area contributed by atoms with Gasteiger partial charge in [-0.25, -0.2) is 8.42 Å². The molecule has 1 unspecified atom stereocenters. The topological polar surface area (TPSA) is 96.0 Å². The van der Waals surface area contributed by atoms with Gasteiger partial charge in [0, 0.05) is 29.6 Å². The third kappa shape index (κ3) is 8.36. The summed E-state index contributed by atoms with van der Waals surface area (Å²) in [6, 6.07) is 19.8. The first kappa shape index (κ1) is 30.3. The summed E-state index contributed by atoms with van der Waals surface area (Å²) in [5, 5.41) is 3.61. The Morgan fingerprint density at radius 2 is 1.59 bits per heavy atom. The largest absolute Gasteiger partial charge is 0.495 e. The van der Waals surface area contributed by atoms with Gasteiger partial charge in [0.2, 0.25) is 21.8 Å². The fourth-order valence-electron chi connectivity index (χ4n) is 4.09. The summed E-state index contributed by atoms with van der Waals surface area (Å²) in [6.45, 7) is 1.63. The Kier molecular flexibility index (Phi) is 10.6. The van der Waals surface area contributed by atoms with Crippen molar-refractivity contribution in [2.24, 2.45) is 0 Å². The quantitative estimate of drug-likeness (QED) is 0.333. The monoisotopic (exact) mass is 591 g/mol. The molecule has 0 aliphatic heterocycles. The smallest absolute Gasteiger partial charge is 0.244 e. The van der Waals surface area contributed by atoms with Crippen LogP contribution in [0.2, 0.25) is 10.0 Å². The minimum absolute atomic E-state index is 0.0505. The van der Waals surface area contributed by atoms with Gasteiger partial charge in [-0.05, 0) is 48.4 Å². The number of anilines is 1. The molecule has 2 amide bonds. The number of carbonyl (C=O) groups excluding carboxylic acids is 2. The number of likely N-dealkylation sites (N-methyl/N-ethyl adjacent to an activating group) is 1. The minimum Gasteiger partial charge on any atom is -0.495 e. The standard InChI is InChI=1S/C28H31Cl2N3O5S/c1-4-31-28(35)25(16-20-8-6-5-7-9-20)32(18-21-10-12-22(29)13-11-21)27(34)19-33(39(3,36)37)24-17-23(30)14-15-26(24)38-2/h5-15,17,25H,4,16,18-19H2,1-3H3,(H,31,35). The van der Waals surface area contributed by atoms with Crippen molar-refractivity contribution in [3.05, 3.63) is 94.0 Å². The molecular formula is C28H31Cl2N3O5S. The van der Waals surface area contributed by atoms with Gasteiger partial charge in [0.15, 0.2) is 0 Å². The van der Waals surface area contributed by atoms with Gasteiger partial charge >= 0.3 is 0 Å². The molecule has 0 bridgehead atoms. The fourth-order valence-corrected chi connectivity index (χ4v) is 5.22. The summed E-state index contributed by atoms with van der Waals surface area (Å²) in [7, 11) is -2.56. The number of hydrogen-bond donors (Lipinski definition) is 1. The van der Waals surface area contributed by atoms with Gasteiger partial charge in [0.1, 0.15) is 18.3 Å². The second-order valence-electron chi connectivity index (χ2n) is 8.83. The maximum Gasteiger partial charge on any atom is 0.244 e. The molecule has 0 saturated carbocycles. The molecule has 0 radical (unpaired) electrons. The Hall–Kier alpha value is -3.27. The molecule has 3 aromatic carbocycles. The van der Waals surface area contributed by atoms with Gasteiger partial charge in [0.25, 0.3) is 0 Å². The minimum atomic E-state index is -3.96. The van der Waals surface area contributed by atoms with E-state index in [-0.39, 0.29) is 35.3 Å². The number of nitrogens with zero attached hydrogens (tertiary/aromatic N) is 2. The fraction of sp³-hybridized carbons (Fsp3) is 0.286. The van der Waals surface area contributed by atoms with Crippen LogP contribution in [-0.2, 0) is 32.6 Å². The summed E-state index contributed by atoms with van der Waals surface area (Å²) >= 11 is 12.2. The number of hydrogen-bond acceptors (Lipinski definition) is 5. The average Bonchev–Trinajstić information content (AvgIpc) is 2.90. The van der Waals surface area contributed by atoms with Gasteiger partial charge in [-0.3, -0.25) is 13.9 Å². The highest BCUT2D eigenvalue weighted by Gasteiger charge is 2.33. The van der Waals surface area contributed by atoms with E-state index in [1.54, 1.807) is 37.3 Å². The highest BCUT2D eigenvalue weighted by atomic mass is 35.5. The third-order valence-corrected chi connectivity index (χ3v) is 7.59. The molecule has 0 aliphatic carbocycles. The van der Waals surface area contributed by atoms with E-state index in [9.17, 15) is 18.0 Å². The lowest BCUT2D eigenvalue weighted by Gasteiger charge is -2.33. The molecule has 3 aromatic rings. The van der Waals surface area contributed by atoms with Gasteiger partial charge in [-0.15, -0.1) is 0 Å². The van der Waals surface area contributed by atoms with Crippen LogP contribution in [0.4, 0.5) is 5.69 Å². The van der Waals surface area contributed by atoms with Crippen LogP contribution in [0.25, 0.3) is 0 Å². The number of carbonyl (C=O) groups is 2. The second kappa shape index (κ2) is 13.7. The third-order valence-electron chi connectivity index (χ3n) is 5.98. The van der Waals surface area contributed by atoms with E-state index >= 15 is 0 Å². The van der Waals surface area contributed by atoms with E-state index in [1.807, 2.05) is 30.3 Å². The molecule has 208 valence electrons. The van der Waals surface area contributed by atoms with Crippen LogP contribution >= 0.6 is 23.2 Å². The van der Waals surface area contributed by atoms with Crippen molar-refractivity contribution in [2.45, 2.75) is 25.9 Å². The molecule has 0 aromatic heterocycles. The molecule has 11 heteroatoms. The first-order valence-corrected chi connectivity index (χ1v) is 14.8. The Balaban J connectivity index is 2.07. The molecular weight excluding hydrogens is 561 g/mol. The van der Waals surface area contributed by atoms with Gasteiger partial charge < -0.3 is 15.0 Å². The highest BCUT2D eigenvalue weighted by Crippen LogP contribution is 2.33. The maximum atomic E-state index is 14.0. The normalized spacial score (nSPS) is 11.9. The van der Waals surface area contributed by atoms with Crippen molar-refractivity contribution in [1.82, 2.24) is 10.2 Å². The van der Waals surface area contributed by atoms with Crippen LogP contribution in [0.15, 0.2) is 72.8 Å². The molecule has 8 nitrogen and oxygen atoms in total. The van der Waals surface area contributed by atoms with E-state index < -0.39 is 28.5 Å². The highest BCUT2D eigenvalue weighted by molar-refractivity contribution is 7.92. The number of ether oxygens (including phenoxy) is 1. The molecule has 1 N–H and O–H groups in total. The zero-order valence-electron chi connectivity index (χ0n) is 21.9. The number of nitrogens with one attached hydrogen (secondary N) is 1. The molecule has 0 saturated heterocycles. The van der Waals surface area contributed by atoms with Crippen LogP contribution in [0.5, 0.6) is 5.75 Å². The van der Waals surface area contributed by atoms with E-state index in [1.165, 1.54) is 24.1 Å². The van der Waals surface area contributed by atoms with Crippen molar-refractivity contribution in [2.75, 3.05) is 30.8 Å². The SMILES string of the molecule is CCNC(=O)C(Cc1ccccc1)N(Cc1ccc(Cl)cc1)C(=O)CN(c1cc(Cl)ccc1OC)S(C)(=O)=O. The van der Waals surface area contributed by atoms with E-state index in [0.717, 1.165) is 21.7 Å². The van der Waals surface area contributed by atoms with Crippen molar-refractivity contribution in [1.29, 1.82) is 0 Å². The van der Waals surface area contributed by atoms with Gasteiger partial charge in [-0.1, -0.05) is 65.7 Å². The van der Waals surface area contributed by atoms with E-state index in [2.05, 4.69) is 5.32 Å². The number of amides is 2. The Morgan fingerprint density at radius 3 is 2.18 bits per heavy atom. The Labute approximate surface area is 239 Å². The zero-order chi connectivity index (χ0) is 28.6. The van der Waals surface area contributed by atoms with Crippen LogP contribution < -0.4 is 14.4 Å². The van der Waals surface area contributed by atoms with Crippen molar-refractivity contribution in [3.8, 4) is 5.75 Å². The first-order chi connectivity index (χ1) is 18.5. The lowest BCUT2D eigenvalue weighted by Crippen LogP contribution is -2.53. The molecule has 0 fully saturated rings. The number of halogens is 2. The zero-order valence-corrected chi connectivity index (χ0v) is 24.3. The van der Waals surface area contributed by atoms with Crippen LogP contribution in [0, 0.1) is 0 Å².